The maximum atomic E-state index is 11.4. The molecule has 4 heteroatoms. The predicted octanol–water partition coefficient (Wildman–Crippen LogP) is 3.23. The monoisotopic (exact) mass is 282 g/mol. The number of hydrogen-bond acceptors (Lipinski definition) is 4. The largest absolute Gasteiger partial charge is 0.460 e. The number of hydrogen-bond donors (Lipinski definition) is 0. The molecule has 0 amide bonds. The summed E-state index contributed by atoms with van der Waals surface area (Å²) in [4.78, 5) is 22.8. The number of carbonyl (C=O) groups is 2. The lowest BCUT2D eigenvalue weighted by Crippen LogP contribution is -2.23. The highest BCUT2D eigenvalue weighted by molar-refractivity contribution is 5.70. The van der Waals surface area contributed by atoms with Gasteiger partial charge < -0.3 is 9.47 Å². The van der Waals surface area contributed by atoms with Crippen molar-refractivity contribution in [2.75, 3.05) is 0 Å². The summed E-state index contributed by atoms with van der Waals surface area (Å²) in [6.45, 7) is 11.0. The molecule has 20 heavy (non-hydrogen) atoms. The first kappa shape index (κ1) is 18.5. The molecule has 0 spiro atoms. The van der Waals surface area contributed by atoms with E-state index in [0.29, 0.717) is 12.8 Å². The van der Waals surface area contributed by atoms with E-state index in [4.69, 9.17) is 9.47 Å². The first-order chi connectivity index (χ1) is 8.99. The van der Waals surface area contributed by atoms with Crippen LogP contribution in [0.2, 0.25) is 0 Å². The van der Waals surface area contributed by atoms with Gasteiger partial charge >= 0.3 is 11.9 Å². The Hall–Kier alpha value is -1.50. The smallest absolute Gasteiger partial charge is 0.307 e. The second-order valence-corrected chi connectivity index (χ2v) is 6.53. The third-order valence-corrected chi connectivity index (χ3v) is 1.87. The Balaban J connectivity index is 3.80. The number of ether oxygens (including phenoxy) is 2. The molecular formula is C16H26O4. The quantitative estimate of drug-likeness (QED) is 0.587. The molecule has 0 bridgehead atoms. The summed E-state index contributed by atoms with van der Waals surface area (Å²) in [6.07, 6.45) is 1.44. The molecule has 0 heterocycles. The SMILES string of the molecule is CC(C)(C)OC(=O)CCC#CCCC(=O)OC(C)(C)C. The van der Waals surface area contributed by atoms with Gasteiger partial charge in [-0.15, -0.1) is 11.8 Å². The Bertz CT molecular complexity index is 349. The van der Waals surface area contributed by atoms with Gasteiger partial charge in [-0.3, -0.25) is 9.59 Å². The van der Waals surface area contributed by atoms with Crippen molar-refractivity contribution in [2.45, 2.75) is 78.4 Å². The molecule has 0 aromatic carbocycles. The minimum absolute atomic E-state index is 0.251. The van der Waals surface area contributed by atoms with Crippen LogP contribution < -0.4 is 0 Å². The predicted molar refractivity (Wildman–Crippen MR) is 77.9 cm³/mol. The van der Waals surface area contributed by atoms with Crippen LogP contribution in [-0.2, 0) is 19.1 Å². The maximum Gasteiger partial charge on any atom is 0.307 e. The van der Waals surface area contributed by atoms with Gasteiger partial charge in [-0.1, -0.05) is 0 Å². The van der Waals surface area contributed by atoms with E-state index in [1.165, 1.54) is 0 Å². The van der Waals surface area contributed by atoms with E-state index >= 15 is 0 Å². The van der Waals surface area contributed by atoms with Crippen molar-refractivity contribution >= 4 is 11.9 Å². The molecule has 0 saturated heterocycles. The zero-order chi connectivity index (χ0) is 15.8. The molecule has 0 aromatic rings. The summed E-state index contributed by atoms with van der Waals surface area (Å²) in [7, 11) is 0. The summed E-state index contributed by atoms with van der Waals surface area (Å²) in [5, 5.41) is 0. The minimum atomic E-state index is -0.457. The molecule has 4 nitrogen and oxygen atoms in total. The Morgan fingerprint density at radius 2 is 1.05 bits per heavy atom. The van der Waals surface area contributed by atoms with E-state index in [2.05, 4.69) is 11.8 Å². The van der Waals surface area contributed by atoms with Crippen LogP contribution >= 0.6 is 0 Å². The van der Waals surface area contributed by atoms with Crippen molar-refractivity contribution in [1.29, 1.82) is 0 Å². The normalized spacial score (nSPS) is 11.3. The summed E-state index contributed by atoms with van der Waals surface area (Å²) < 4.78 is 10.3. The molecule has 0 aliphatic rings. The van der Waals surface area contributed by atoms with Gasteiger partial charge in [0, 0.05) is 12.8 Å². The van der Waals surface area contributed by atoms with E-state index < -0.39 is 11.2 Å². The Labute approximate surface area is 122 Å². The summed E-state index contributed by atoms with van der Waals surface area (Å²) in [6, 6.07) is 0. The van der Waals surface area contributed by atoms with E-state index in [0.717, 1.165) is 0 Å². The highest BCUT2D eigenvalue weighted by Gasteiger charge is 2.16. The van der Waals surface area contributed by atoms with E-state index in [1.54, 1.807) is 0 Å². The van der Waals surface area contributed by atoms with Crippen LogP contribution in [-0.4, -0.2) is 23.1 Å². The average Bonchev–Trinajstić information content (AvgIpc) is 2.17. The van der Waals surface area contributed by atoms with Crippen LogP contribution in [0.15, 0.2) is 0 Å². The lowest BCUT2D eigenvalue weighted by Gasteiger charge is -2.19. The van der Waals surface area contributed by atoms with Crippen molar-refractivity contribution in [3.8, 4) is 11.8 Å². The lowest BCUT2D eigenvalue weighted by atomic mass is 10.2. The minimum Gasteiger partial charge on any atom is -0.460 e. The highest BCUT2D eigenvalue weighted by atomic mass is 16.6. The van der Waals surface area contributed by atoms with Crippen LogP contribution in [0.1, 0.15) is 67.2 Å². The molecule has 0 atom stereocenters. The molecule has 0 rings (SSSR count). The van der Waals surface area contributed by atoms with Crippen LogP contribution in [0.5, 0.6) is 0 Å². The number of esters is 2. The third-order valence-electron chi connectivity index (χ3n) is 1.87. The van der Waals surface area contributed by atoms with Crippen LogP contribution in [0.25, 0.3) is 0 Å². The van der Waals surface area contributed by atoms with Gasteiger partial charge in [0.2, 0.25) is 0 Å². The standard InChI is InChI=1S/C16H26O4/c1-15(2,3)19-13(17)11-9-7-8-10-12-14(18)20-16(4,5)6/h9-12H2,1-6H3. The number of carbonyl (C=O) groups excluding carboxylic acids is 2. The first-order valence-electron chi connectivity index (χ1n) is 6.89. The molecule has 0 radical (unpaired) electrons. The van der Waals surface area contributed by atoms with E-state index in [-0.39, 0.29) is 24.8 Å². The van der Waals surface area contributed by atoms with Crippen molar-refractivity contribution in [1.82, 2.24) is 0 Å². The Kier molecular flexibility index (Phi) is 7.34. The van der Waals surface area contributed by atoms with Crippen molar-refractivity contribution in [3.05, 3.63) is 0 Å². The number of rotatable bonds is 4. The van der Waals surface area contributed by atoms with E-state index in [9.17, 15) is 9.59 Å². The van der Waals surface area contributed by atoms with Crippen molar-refractivity contribution in [3.63, 3.8) is 0 Å². The van der Waals surface area contributed by atoms with E-state index in [1.807, 2.05) is 41.5 Å². The van der Waals surface area contributed by atoms with Gasteiger partial charge in [-0.2, -0.15) is 0 Å². The first-order valence-corrected chi connectivity index (χ1v) is 6.89. The molecule has 0 N–H and O–H groups in total. The lowest BCUT2D eigenvalue weighted by molar-refractivity contribution is -0.155. The molecule has 0 fully saturated rings. The summed E-state index contributed by atoms with van der Waals surface area (Å²) >= 11 is 0. The van der Waals surface area contributed by atoms with Gasteiger partial charge in [0.15, 0.2) is 0 Å². The van der Waals surface area contributed by atoms with Crippen LogP contribution in [0, 0.1) is 11.8 Å². The van der Waals surface area contributed by atoms with Gasteiger partial charge in [0.1, 0.15) is 11.2 Å². The fourth-order valence-electron chi connectivity index (χ4n) is 1.29. The van der Waals surface area contributed by atoms with Gasteiger partial charge in [0.25, 0.3) is 0 Å². The molecule has 0 aromatic heterocycles. The van der Waals surface area contributed by atoms with Crippen molar-refractivity contribution < 1.29 is 19.1 Å². The molecule has 0 unspecified atom stereocenters. The average molecular weight is 282 g/mol. The second kappa shape index (κ2) is 7.94. The molecule has 0 saturated carbocycles. The zero-order valence-corrected chi connectivity index (χ0v) is 13.5. The Morgan fingerprint density at radius 3 is 1.30 bits per heavy atom. The fraction of sp³-hybridized carbons (Fsp3) is 0.750. The molecule has 0 aliphatic carbocycles. The second-order valence-electron chi connectivity index (χ2n) is 6.53. The molecular weight excluding hydrogens is 256 g/mol. The zero-order valence-electron chi connectivity index (χ0n) is 13.5. The third kappa shape index (κ3) is 12.9. The maximum absolute atomic E-state index is 11.4. The highest BCUT2D eigenvalue weighted by Crippen LogP contribution is 2.09. The molecule has 0 aliphatic heterocycles. The summed E-state index contributed by atoms with van der Waals surface area (Å²) in [5.74, 6) is 5.22. The Morgan fingerprint density at radius 1 is 0.750 bits per heavy atom. The van der Waals surface area contributed by atoms with Crippen LogP contribution in [0.3, 0.4) is 0 Å². The van der Waals surface area contributed by atoms with Crippen LogP contribution in [0.4, 0.5) is 0 Å². The molecule has 114 valence electrons. The van der Waals surface area contributed by atoms with Gasteiger partial charge in [0.05, 0.1) is 12.8 Å². The topological polar surface area (TPSA) is 52.6 Å². The van der Waals surface area contributed by atoms with Crippen molar-refractivity contribution in [2.24, 2.45) is 0 Å². The van der Waals surface area contributed by atoms with Gasteiger partial charge in [-0.05, 0) is 41.5 Å². The fourth-order valence-corrected chi connectivity index (χ4v) is 1.29. The van der Waals surface area contributed by atoms with Gasteiger partial charge in [-0.25, -0.2) is 0 Å². The summed E-state index contributed by atoms with van der Waals surface area (Å²) in [5.41, 5.74) is -0.914.